The zero-order chi connectivity index (χ0) is 20.5. The molecule has 0 spiro atoms. The molecule has 3 rings (SSSR count). The van der Waals surface area contributed by atoms with Crippen LogP contribution in [-0.2, 0) is 17.5 Å². The molecular formula is C18H16F3N3O4. The van der Waals surface area contributed by atoms with Gasteiger partial charge < -0.3 is 9.64 Å². The number of amides is 1. The maximum Gasteiger partial charge on any atom is 0.416 e. The van der Waals surface area contributed by atoms with Crippen LogP contribution in [0.5, 0.6) is 0 Å². The first kappa shape index (κ1) is 19.5. The second kappa shape index (κ2) is 7.37. The van der Waals surface area contributed by atoms with Gasteiger partial charge in [-0.25, -0.2) is 4.79 Å². The molecule has 2 aromatic rings. The molecule has 0 saturated carbocycles. The molecule has 7 nitrogen and oxygen atoms in total. The lowest BCUT2D eigenvalue weighted by Crippen LogP contribution is -2.27. The van der Waals surface area contributed by atoms with Crippen molar-refractivity contribution in [3.05, 3.63) is 63.7 Å². The molecule has 1 amide bonds. The molecule has 1 heterocycles. The van der Waals surface area contributed by atoms with E-state index in [0.29, 0.717) is 11.3 Å². The zero-order valence-electron chi connectivity index (χ0n) is 14.8. The maximum atomic E-state index is 12.9. The molecular weight excluding hydrogens is 379 g/mol. The lowest BCUT2D eigenvalue weighted by atomic mass is 10.1. The fourth-order valence-corrected chi connectivity index (χ4v) is 2.98. The van der Waals surface area contributed by atoms with Crippen LogP contribution in [-0.4, -0.2) is 31.2 Å². The largest absolute Gasteiger partial charge is 0.447 e. The summed E-state index contributed by atoms with van der Waals surface area (Å²) >= 11 is 0. The number of hydrogen-bond donors (Lipinski definition) is 0. The number of nitrogens with zero attached hydrogens (tertiary/aromatic N) is 3. The van der Waals surface area contributed by atoms with Crippen LogP contribution in [0.1, 0.15) is 11.1 Å². The van der Waals surface area contributed by atoms with Crippen LogP contribution in [0.15, 0.2) is 42.5 Å². The van der Waals surface area contributed by atoms with Gasteiger partial charge in [0, 0.05) is 25.7 Å². The minimum absolute atomic E-state index is 0.109. The van der Waals surface area contributed by atoms with Crippen LogP contribution in [0.2, 0.25) is 0 Å². The van der Waals surface area contributed by atoms with Gasteiger partial charge in [-0.15, -0.1) is 0 Å². The van der Waals surface area contributed by atoms with Crippen molar-refractivity contribution in [2.24, 2.45) is 0 Å². The van der Waals surface area contributed by atoms with Crippen molar-refractivity contribution in [1.82, 2.24) is 0 Å². The van der Waals surface area contributed by atoms with Gasteiger partial charge in [-0.2, -0.15) is 13.2 Å². The van der Waals surface area contributed by atoms with E-state index in [0.717, 1.165) is 12.1 Å². The molecule has 0 aromatic heterocycles. The van der Waals surface area contributed by atoms with Crippen LogP contribution in [0.25, 0.3) is 0 Å². The molecule has 2 aromatic carbocycles. The molecule has 0 unspecified atom stereocenters. The minimum Gasteiger partial charge on any atom is -0.447 e. The Kier molecular flexibility index (Phi) is 5.12. The number of rotatable bonds is 5. The van der Waals surface area contributed by atoms with Crippen LogP contribution in [0, 0.1) is 10.1 Å². The number of nitro groups is 1. The van der Waals surface area contributed by atoms with Crippen LogP contribution in [0.3, 0.4) is 0 Å². The van der Waals surface area contributed by atoms with Crippen LogP contribution >= 0.6 is 0 Å². The molecule has 148 valence electrons. The van der Waals surface area contributed by atoms with E-state index >= 15 is 0 Å². The Morgan fingerprint density at radius 3 is 2.61 bits per heavy atom. The van der Waals surface area contributed by atoms with E-state index in [1.165, 1.54) is 29.2 Å². The number of nitro benzene ring substituents is 1. The van der Waals surface area contributed by atoms with E-state index in [9.17, 15) is 28.1 Å². The van der Waals surface area contributed by atoms with E-state index in [1.807, 2.05) is 0 Å². The summed E-state index contributed by atoms with van der Waals surface area (Å²) in [6.07, 6.45) is -5.08. The van der Waals surface area contributed by atoms with Crippen LogP contribution < -0.4 is 9.80 Å². The van der Waals surface area contributed by atoms with E-state index in [4.69, 9.17) is 4.74 Å². The molecule has 0 N–H and O–H groups in total. The first-order chi connectivity index (χ1) is 13.2. The molecule has 0 bridgehead atoms. The first-order valence-corrected chi connectivity index (χ1v) is 8.27. The predicted octanol–water partition coefficient (Wildman–Crippen LogP) is 4.21. The number of non-ortho nitro benzene ring substituents is 1. The van der Waals surface area contributed by atoms with Crippen molar-refractivity contribution in [3.63, 3.8) is 0 Å². The number of anilines is 2. The Labute approximate surface area is 158 Å². The van der Waals surface area contributed by atoms with Gasteiger partial charge in [0.25, 0.3) is 5.69 Å². The molecule has 0 radical (unpaired) electrons. The van der Waals surface area contributed by atoms with Crippen LogP contribution in [0.4, 0.5) is 35.0 Å². The zero-order valence-corrected chi connectivity index (χ0v) is 14.8. The highest BCUT2D eigenvalue weighted by molar-refractivity contribution is 5.94. The molecule has 1 fully saturated rings. The number of benzene rings is 2. The summed E-state index contributed by atoms with van der Waals surface area (Å²) in [7, 11) is 1.63. The standard InChI is InChI=1S/C18H16F3N3O4/c1-22(11-12-3-2-4-13(9-12)18(19,20)21)15-6-5-14(24(26)27)10-16(15)23-7-8-28-17(23)25/h2-6,9-10H,7-8,11H2,1H3. The monoisotopic (exact) mass is 395 g/mol. The summed E-state index contributed by atoms with van der Waals surface area (Å²) in [6.45, 7) is 0.486. The average molecular weight is 395 g/mol. The van der Waals surface area contributed by atoms with Crippen molar-refractivity contribution in [2.45, 2.75) is 12.7 Å². The quantitative estimate of drug-likeness (QED) is 0.560. The number of ether oxygens (including phenoxy) is 1. The van der Waals surface area contributed by atoms with Gasteiger partial charge in [0.2, 0.25) is 0 Å². The van der Waals surface area contributed by atoms with Gasteiger partial charge in [0.1, 0.15) is 6.61 Å². The first-order valence-electron chi connectivity index (χ1n) is 8.27. The third kappa shape index (κ3) is 4.00. The van der Waals surface area contributed by atoms with Crippen molar-refractivity contribution in [3.8, 4) is 0 Å². The molecule has 0 atom stereocenters. The van der Waals surface area contributed by atoms with E-state index in [1.54, 1.807) is 18.0 Å². The highest BCUT2D eigenvalue weighted by Crippen LogP contribution is 2.35. The summed E-state index contributed by atoms with van der Waals surface area (Å²) in [5, 5.41) is 11.1. The fraction of sp³-hybridized carbons (Fsp3) is 0.278. The topological polar surface area (TPSA) is 75.9 Å². The molecule has 28 heavy (non-hydrogen) atoms. The smallest absolute Gasteiger partial charge is 0.416 e. The van der Waals surface area contributed by atoms with Gasteiger partial charge >= 0.3 is 12.3 Å². The Morgan fingerprint density at radius 1 is 1.25 bits per heavy atom. The highest BCUT2D eigenvalue weighted by Gasteiger charge is 2.31. The lowest BCUT2D eigenvalue weighted by molar-refractivity contribution is -0.384. The Bertz CT molecular complexity index is 917. The molecule has 0 aliphatic carbocycles. The summed E-state index contributed by atoms with van der Waals surface area (Å²) in [5.74, 6) is 0. The number of cyclic esters (lactones) is 1. The minimum atomic E-state index is -4.45. The number of carbonyl (C=O) groups is 1. The van der Waals surface area contributed by atoms with Gasteiger partial charge in [0.05, 0.1) is 28.4 Å². The van der Waals surface area contributed by atoms with E-state index in [2.05, 4.69) is 0 Å². The van der Waals surface area contributed by atoms with Crippen molar-refractivity contribution >= 4 is 23.2 Å². The SMILES string of the molecule is CN(Cc1cccc(C(F)(F)F)c1)c1ccc([N+](=O)[O-])cc1N1CCOC1=O. The summed E-state index contributed by atoms with van der Waals surface area (Å²) in [6, 6.07) is 8.91. The fourth-order valence-electron chi connectivity index (χ4n) is 2.98. The predicted molar refractivity (Wildman–Crippen MR) is 95.3 cm³/mol. The molecule has 1 aliphatic heterocycles. The Morgan fingerprint density at radius 2 is 2.00 bits per heavy atom. The van der Waals surface area contributed by atoms with Gasteiger partial charge in [-0.3, -0.25) is 15.0 Å². The van der Waals surface area contributed by atoms with Gasteiger partial charge in [-0.05, 0) is 23.8 Å². The summed E-state index contributed by atoms with van der Waals surface area (Å²) in [5.41, 5.74) is 0.176. The van der Waals surface area contributed by atoms with E-state index < -0.39 is 22.8 Å². The summed E-state index contributed by atoms with van der Waals surface area (Å²) in [4.78, 5) is 25.4. The number of hydrogen-bond acceptors (Lipinski definition) is 5. The van der Waals surface area contributed by atoms with E-state index in [-0.39, 0.29) is 31.1 Å². The lowest BCUT2D eigenvalue weighted by Gasteiger charge is -2.25. The van der Waals surface area contributed by atoms with Crippen molar-refractivity contribution in [2.75, 3.05) is 30.0 Å². The number of alkyl halides is 3. The van der Waals surface area contributed by atoms with Crippen molar-refractivity contribution < 1.29 is 27.6 Å². The third-order valence-corrected chi connectivity index (χ3v) is 4.31. The molecule has 1 saturated heterocycles. The highest BCUT2D eigenvalue weighted by atomic mass is 19.4. The Balaban J connectivity index is 1.94. The normalized spacial score (nSPS) is 14.1. The number of carbonyl (C=O) groups excluding carboxylic acids is 1. The Hall–Kier alpha value is -3.30. The van der Waals surface area contributed by atoms with Gasteiger partial charge in [-0.1, -0.05) is 12.1 Å². The van der Waals surface area contributed by atoms with Crippen molar-refractivity contribution in [1.29, 1.82) is 0 Å². The van der Waals surface area contributed by atoms with Gasteiger partial charge in [0.15, 0.2) is 0 Å². The average Bonchev–Trinajstić information content (AvgIpc) is 3.06. The second-order valence-electron chi connectivity index (χ2n) is 6.25. The maximum absolute atomic E-state index is 12.9. The summed E-state index contributed by atoms with van der Waals surface area (Å²) < 4.78 is 43.7. The third-order valence-electron chi connectivity index (χ3n) is 4.31. The number of halogens is 3. The second-order valence-corrected chi connectivity index (χ2v) is 6.25. The molecule has 10 heteroatoms. The molecule has 1 aliphatic rings.